The molecule has 0 saturated heterocycles. The summed E-state index contributed by atoms with van der Waals surface area (Å²) >= 11 is 0. The third-order valence-electron chi connectivity index (χ3n) is 8.33. The summed E-state index contributed by atoms with van der Waals surface area (Å²) in [5.41, 5.74) is -0.0499. The van der Waals surface area contributed by atoms with Gasteiger partial charge in [-0.2, -0.15) is 13.2 Å². The van der Waals surface area contributed by atoms with Gasteiger partial charge in [0.15, 0.2) is 0 Å². The topological polar surface area (TPSA) is 114 Å². The Balaban J connectivity index is 0.997. The maximum Gasteiger partial charge on any atom is 0.416 e. The van der Waals surface area contributed by atoms with Crippen molar-refractivity contribution in [3.8, 4) is 17.2 Å². The van der Waals surface area contributed by atoms with E-state index in [4.69, 9.17) is 9.47 Å². The summed E-state index contributed by atoms with van der Waals surface area (Å²) in [7, 11) is 0. The molecule has 49 heavy (non-hydrogen) atoms. The van der Waals surface area contributed by atoms with E-state index in [2.05, 4.69) is 10.6 Å². The van der Waals surface area contributed by atoms with Gasteiger partial charge < -0.3 is 25.2 Å². The minimum Gasteiger partial charge on any atom is -0.490 e. The van der Waals surface area contributed by atoms with Gasteiger partial charge in [0.05, 0.1) is 22.9 Å². The number of carboxylic acids is 1. The van der Waals surface area contributed by atoms with E-state index in [-0.39, 0.29) is 29.0 Å². The third-order valence-corrected chi connectivity index (χ3v) is 8.33. The lowest BCUT2D eigenvalue weighted by molar-refractivity contribution is -0.137. The van der Waals surface area contributed by atoms with Gasteiger partial charge in [0.1, 0.15) is 17.2 Å². The average Bonchev–Trinajstić information content (AvgIpc) is 3.09. The first-order valence-electron chi connectivity index (χ1n) is 15.6. The molecule has 1 aliphatic carbocycles. The van der Waals surface area contributed by atoms with Crippen LogP contribution in [0.5, 0.6) is 17.2 Å². The lowest BCUT2D eigenvalue weighted by atomic mass is 9.92. The zero-order valence-electron chi connectivity index (χ0n) is 26.0. The van der Waals surface area contributed by atoms with Crippen LogP contribution in [0.1, 0.15) is 62.3 Å². The van der Waals surface area contributed by atoms with Gasteiger partial charge in [0.25, 0.3) is 11.8 Å². The first-order chi connectivity index (χ1) is 23.5. The van der Waals surface area contributed by atoms with Gasteiger partial charge in [0, 0.05) is 17.2 Å². The fraction of sp³-hybridized carbons (Fsp3) is 0.184. The highest BCUT2D eigenvalue weighted by Crippen LogP contribution is 2.31. The molecule has 0 atom stereocenters. The number of aromatic carboxylic acids is 1. The van der Waals surface area contributed by atoms with E-state index < -0.39 is 29.5 Å². The Morgan fingerprint density at radius 3 is 1.90 bits per heavy atom. The van der Waals surface area contributed by atoms with Crippen LogP contribution in [0, 0.1) is 0 Å². The number of carbonyl (C=O) groups is 3. The summed E-state index contributed by atoms with van der Waals surface area (Å²) in [4.78, 5) is 36.7. The van der Waals surface area contributed by atoms with Crippen LogP contribution in [0.25, 0.3) is 10.8 Å². The van der Waals surface area contributed by atoms with Crippen molar-refractivity contribution in [3.63, 3.8) is 0 Å². The molecule has 1 aliphatic rings. The molecule has 6 rings (SSSR count). The number of rotatable bonds is 9. The molecule has 250 valence electrons. The van der Waals surface area contributed by atoms with Gasteiger partial charge in [-0.05, 0) is 121 Å². The number of alkyl halides is 3. The number of fused-ring (bicyclic) bond motifs is 1. The van der Waals surface area contributed by atoms with Crippen LogP contribution in [-0.2, 0) is 6.18 Å². The minimum absolute atomic E-state index is 0.000611. The standard InChI is InChI=1S/C38H31F3N2O6/c39-38(40,41)27-11-5-23(6-12-27)35(44)42-28-13-19-30(20-14-28)49-32-18-10-25-21-31(17-9-26(25)22-32)48-29-15-7-24(8-16-29)36(45)43-34-4-2-1-3-33(34)37(46)47/h1-12,15-18,21-22,28,30H,13-14,19-20H2,(H,42,44)(H,43,45)(H,46,47). The molecule has 0 heterocycles. The molecule has 5 aromatic rings. The number of para-hydroxylation sites is 1. The molecular formula is C38H31F3N2O6. The molecule has 11 heteroatoms. The highest BCUT2D eigenvalue weighted by atomic mass is 19.4. The lowest BCUT2D eigenvalue weighted by Crippen LogP contribution is -2.39. The molecule has 2 amide bonds. The highest BCUT2D eigenvalue weighted by Gasteiger charge is 2.30. The van der Waals surface area contributed by atoms with Crippen molar-refractivity contribution in [1.82, 2.24) is 5.32 Å². The van der Waals surface area contributed by atoms with Crippen molar-refractivity contribution in [2.75, 3.05) is 5.32 Å². The maximum absolute atomic E-state index is 12.8. The number of nitrogens with one attached hydrogen (secondary N) is 2. The van der Waals surface area contributed by atoms with Crippen molar-refractivity contribution in [1.29, 1.82) is 0 Å². The second kappa shape index (κ2) is 14.1. The van der Waals surface area contributed by atoms with Crippen LogP contribution < -0.4 is 20.1 Å². The third kappa shape index (κ3) is 8.18. The number of hydrogen-bond acceptors (Lipinski definition) is 5. The summed E-state index contributed by atoms with van der Waals surface area (Å²) in [6.07, 6.45) is -1.66. The Bertz CT molecular complexity index is 1990. The van der Waals surface area contributed by atoms with Crippen LogP contribution in [0.4, 0.5) is 18.9 Å². The minimum atomic E-state index is -4.45. The van der Waals surface area contributed by atoms with Gasteiger partial charge in [-0.25, -0.2) is 4.79 Å². The zero-order chi connectivity index (χ0) is 34.5. The quantitative estimate of drug-likeness (QED) is 0.145. The summed E-state index contributed by atoms with van der Waals surface area (Å²) in [5.74, 6) is -0.126. The lowest BCUT2D eigenvalue weighted by Gasteiger charge is -2.29. The molecule has 1 fully saturated rings. The van der Waals surface area contributed by atoms with E-state index >= 15 is 0 Å². The van der Waals surface area contributed by atoms with Crippen LogP contribution in [0.3, 0.4) is 0 Å². The van der Waals surface area contributed by atoms with Gasteiger partial charge >= 0.3 is 12.1 Å². The molecule has 5 aromatic carbocycles. The number of hydrogen-bond donors (Lipinski definition) is 3. The molecule has 3 N–H and O–H groups in total. The second-order valence-corrected chi connectivity index (χ2v) is 11.7. The number of amides is 2. The maximum atomic E-state index is 12.8. The molecule has 0 radical (unpaired) electrons. The number of ether oxygens (including phenoxy) is 2. The van der Waals surface area contributed by atoms with E-state index in [1.54, 1.807) is 36.4 Å². The largest absolute Gasteiger partial charge is 0.490 e. The molecule has 1 saturated carbocycles. The summed E-state index contributed by atoms with van der Waals surface area (Å²) in [6, 6.07) is 28.2. The van der Waals surface area contributed by atoms with Crippen molar-refractivity contribution < 1.29 is 42.1 Å². The van der Waals surface area contributed by atoms with Gasteiger partial charge in [0.2, 0.25) is 0 Å². The van der Waals surface area contributed by atoms with Crippen molar-refractivity contribution in [2.45, 2.75) is 44.0 Å². The van der Waals surface area contributed by atoms with Crippen LogP contribution in [0.2, 0.25) is 0 Å². The summed E-state index contributed by atoms with van der Waals surface area (Å²) < 4.78 is 50.7. The normalized spacial score (nSPS) is 16.1. The number of carbonyl (C=O) groups excluding carboxylic acids is 2. The fourth-order valence-electron chi connectivity index (χ4n) is 5.72. The Morgan fingerprint density at radius 1 is 0.673 bits per heavy atom. The van der Waals surface area contributed by atoms with Crippen molar-refractivity contribution in [3.05, 3.63) is 131 Å². The highest BCUT2D eigenvalue weighted by molar-refractivity contribution is 6.07. The number of anilines is 1. The summed E-state index contributed by atoms with van der Waals surface area (Å²) in [5, 5.41) is 16.8. The molecule has 0 unspecified atom stereocenters. The molecule has 0 aliphatic heterocycles. The Labute approximate surface area is 279 Å². The predicted molar refractivity (Wildman–Crippen MR) is 177 cm³/mol. The molecule has 0 aromatic heterocycles. The Kier molecular flexibility index (Phi) is 9.52. The van der Waals surface area contributed by atoms with E-state index in [0.717, 1.165) is 41.5 Å². The Hall–Kier alpha value is -5.84. The zero-order valence-corrected chi connectivity index (χ0v) is 26.0. The predicted octanol–water partition coefficient (Wildman–Crippen LogP) is 8.72. The monoisotopic (exact) mass is 668 g/mol. The molecule has 0 bridgehead atoms. The molecule has 0 spiro atoms. The van der Waals surface area contributed by atoms with Gasteiger partial charge in [-0.3, -0.25) is 9.59 Å². The number of halogens is 3. The summed E-state index contributed by atoms with van der Waals surface area (Å²) in [6.45, 7) is 0. The second-order valence-electron chi connectivity index (χ2n) is 11.7. The first-order valence-corrected chi connectivity index (χ1v) is 15.6. The van der Waals surface area contributed by atoms with E-state index in [1.165, 1.54) is 24.3 Å². The molecule has 8 nitrogen and oxygen atoms in total. The van der Waals surface area contributed by atoms with Crippen molar-refractivity contribution in [2.24, 2.45) is 0 Å². The van der Waals surface area contributed by atoms with E-state index in [1.807, 2.05) is 36.4 Å². The van der Waals surface area contributed by atoms with Crippen molar-refractivity contribution >= 4 is 34.2 Å². The number of carboxylic acid groups (broad SMARTS) is 1. The van der Waals surface area contributed by atoms with Crippen LogP contribution in [0.15, 0.2) is 109 Å². The number of benzene rings is 5. The van der Waals surface area contributed by atoms with E-state index in [9.17, 15) is 32.7 Å². The molecular weight excluding hydrogens is 637 g/mol. The first kappa shape index (κ1) is 33.1. The fourth-order valence-corrected chi connectivity index (χ4v) is 5.72. The van der Waals surface area contributed by atoms with E-state index in [0.29, 0.717) is 29.9 Å². The SMILES string of the molecule is O=C(Nc1ccccc1C(=O)O)c1ccc(Oc2ccc3cc(OC4CCC(NC(=O)c5ccc(C(F)(F)F)cc5)CC4)ccc3c2)cc1. The van der Waals surface area contributed by atoms with Crippen LogP contribution in [-0.4, -0.2) is 35.0 Å². The Morgan fingerprint density at radius 2 is 1.24 bits per heavy atom. The average molecular weight is 669 g/mol. The van der Waals surface area contributed by atoms with Crippen LogP contribution >= 0.6 is 0 Å². The van der Waals surface area contributed by atoms with Gasteiger partial charge in [-0.15, -0.1) is 0 Å². The van der Waals surface area contributed by atoms with Gasteiger partial charge in [-0.1, -0.05) is 24.3 Å². The smallest absolute Gasteiger partial charge is 0.416 e.